The van der Waals surface area contributed by atoms with E-state index in [1.807, 2.05) is 0 Å². The van der Waals surface area contributed by atoms with Crippen LogP contribution in [0.15, 0.2) is 244 Å². The van der Waals surface area contributed by atoms with Gasteiger partial charge in [-0.05, 0) is 210 Å². The fraction of sp³-hybridized carbons (Fsp3) is 0.143. The highest BCUT2D eigenvalue weighted by Crippen LogP contribution is 2.63. The smallest absolute Gasteiger partial charge is 0.135 e. The molecule has 0 fully saturated rings. The number of para-hydroxylation sites is 4. The molecule has 7 heterocycles. The van der Waals surface area contributed by atoms with Gasteiger partial charge in [-0.3, -0.25) is 0 Å². The quantitative estimate of drug-likeness (QED) is 0.176. The van der Waals surface area contributed by atoms with Gasteiger partial charge in [0.2, 0.25) is 0 Å². The third-order valence-electron chi connectivity index (χ3n) is 21.4. The average molecular weight is 1150 g/mol. The number of furan rings is 3. The van der Waals surface area contributed by atoms with Crippen LogP contribution < -0.4 is 9.80 Å². The predicted octanol–water partition coefficient (Wildman–Crippen LogP) is 23.5. The van der Waals surface area contributed by atoms with Gasteiger partial charge in [-0.15, -0.1) is 0 Å². The van der Waals surface area contributed by atoms with Crippen molar-refractivity contribution in [1.29, 1.82) is 0 Å². The maximum Gasteiger partial charge on any atom is 0.135 e. The summed E-state index contributed by atoms with van der Waals surface area (Å²) >= 11 is 0. The Bertz CT molecular complexity index is 5150. The first-order valence-corrected chi connectivity index (χ1v) is 31.4. The van der Waals surface area contributed by atoms with Crippen LogP contribution in [0.2, 0.25) is 0 Å². The summed E-state index contributed by atoms with van der Waals surface area (Å²) in [6.07, 6.45) is 0. The summed E-state index contributed by atoms with van der Waals surface area (Å²) in [5.74, 6) is 0. The molecule has 0 bridgehead atoms. The van der Waals surface area contributed by atoms with Crippen LogP contribution >= 0.6 is 0 Å². The van der Waals surface area contributed by atoms with Crippen molar-refractivity contribution in [3.63, 3.8) is 0 Å². The summed E-state index contributed by atoms with van der Waals surface area (Å²) in [5.41, 5.74) is 32.0. The second-order valence-corrected chi connectivity index (χ2v) is 27.7. The molecule has 4 aliphatic rings. The van der Waals surface area contributed by atoms with Crippen LogP contribution in [0.1, 0.15) is 99.9 Å². The zero-order chi connectivity index (χ0) is 59.8. The van der Waals surface area contributed by atoms with Crippen LogP contribution in [-0.2, 0) is 21.7 Å². The average Bonchev–Trinajstić information content (AvgIpc) is 1.47. The van der Waals surface area contributed by atoms with Gasteiger partial charge >= 0.3 is 0 Å². The Morgan fingerprint density at radius 1 is 0.213 bits per heavy atom. The van der Waals surface area contributed by atoms with Gasteiger partial charge in [0, 0.05) is 54.0 Å². The van der Waals surface area contributed by atoms with Gasteiger partial charge in [0.1, 0.15) is 33.5 Å². The van der Waals surface area contributed by atoms with Gasteiger partial charge in [0.05, 0.1) is 34.1 Å². The van der Waals surface area contributed by atoms with Gasteiger partial charge < -0.3 is 23.1 Å². The van der Waals surface area contributed by atoms with Gasteiger partial charge in [-0.1, -0.05) is 165 Å². The molecule has 5 nitrogen and oxygen atoms in total. The molecule has 0 atom stereocenters. The molecule has 0 saturated heterocycles. The molecule has 89 heavy (non-hydrogen) atoms. The van der Waals surface area contributed by atoms with Crippen LogP contribution in [0.25, 0.3) is 110 Å². The largest absolute Gasteiger partial charge is 0.456 e. The fourth-order valence-corrected chi connectivity index (χ4v) is 16.5. The normalized spacial score (nSPS) is 16.0. The second-order valence-electron chi connectivity index (χ2n) is 27.7. The first kappa shape index (κ1) is 50.8. The van der Waals surface area contributed by atoms with Crippen LogP contribution in [-0.4, -0.2) is 0 Å². The van der Waals surface area contributed by atoms with E-state index in [-0.39, 0.29) is 21.7 Å². The molecule has 426 valence electrons. The number of anilines is 6. The van der Waals surface area contributed by atoms with Crippen molar-refractivity contribution in [2.75, 3.05) is 9.80 Å². The van der Waals surface area contributed by atoms with Crippen LogP contribution in [0.5, 0.6) is 0 Å². The van der Waals surface area contributed by atoms with E-state index in [1.165, 1.54) is 101 Å². The molecule has 15 aromatic rings. The van der Waals surface area contributed by atoms with Crippen molar-refractivity contribution in [2.24, 2.45) is 0 Å². The third kappa shape index (κ3) is 6.80. The van der Waals surface area contributed by atoms with E-state index in [2.05, 4.69) is 296 Å². The van der Waals surface area contributed by atoms with Crippen molar-refractivity contribution in [3.8, 4) is 44.5 Å². The third-order valence-corrected chi connectivity index (χ3v) is 21.4. The van der Waals surface area contributed by atoms with E-state index in [9.17, 15) is 0 Å². The Labute approximate surface area is 516 Å². The molecule has 0 aliphatic carbocycles. The minimum absolute atomic E-state index is 0.224. The number of hydrogen-bond donors (Lipinski definition) is 0. The van der Waals surface area contributed by atoms with Gasteiger partial charge in [-0.2, -0.15) is 0 Å². The summed E-state index contributed by atoms with van der Waals surface area (Å²) < 4.78 is 19.8. The maximum absolute atomic E-state index is 6.62. The highest BCUT2D eigenvalue weighted by Gasteiger charge is 2.47. The van der Waals surface area contributed by atoms with Crippen LogP contribution in [0, 0.1) is 0 Å². The molecule has 5 heteroatoms. The van der Waals surface area contributed by atoms with E-state index in [1.54, 1.807) is 0 Å². The Hall–Kier alpha value is -10.4. The number of nitrogens with zero attached hydrogens (tertiary/aromatic N) is 2. The lowest BCUT2D eigenvalue weighted by atomic mass is 9.65. The second kappa shape index (κ2) is 17.2. The molecule has 3 aromatic heterocycles. The van der Waals surface area contributed by atoms with Gasteiger partial charge in [-0.25, -0.2) is 0 Å². The Morgan fingerprint density at radius 3 is 0.640 bits per heavy atom. The van der Waals surface area contributed by atoms with Crippen LogP contribution in [0.4, 0.5) is 34.1 Å². The molecule has 0 spiro atoms. The van der Waals surface area contributed by atoms with Crippen molar-refractivity contribution in [3.05, 3.63) is 275 Å². The van der Waals surface area contributed by atoms with Gasteiger partial charge in [0.25, 0.3) is 0 Å². The van der Waals surface area contributed by atoms with Crippen molar-refractivity contribution >= 4 is 99.9 Å². The number of benzene rings is 12. The maximum atomic E-state index is 6.62. The molecule has 19 rings (SSSR count). The van der Waals surface area contributed by atoms with E-state index in [4.69, 9.17) is 13.3 Å². The first-order chi connectivity index (χ1) is 43.1. The highest BCUT2D eigenvalue weighted by atomic mass is 16.3. The zero-order valence-electron chi connectivity index (χ0n) is 51.1. The molecular formula is C84H62N2O3. The number of rotatable bonds is 4. The molecule has 0 saturated carbocycles. The van der Waals surface area contributed by atoms with E-state index in [0.717, 1.165) is 88.1 Å². The summed E-state index contributed by atoms with van der Waals surface area (Å²) in [6, 6.07) is 85.7. The van der Waals surface area contributed by atoms with E-state index in [0.29, 0.717) is 0 Å². The van der Waals surface area contributed by atoms with Crippen LogP contribution in [0.3, 0.4) is 0 Å². The summed E-state index contributed by atoms with van der Waals surface area (Å²) in [6.45, 7) is 19.1. The lowest BCUT2D eigenvalue weighted by Crippen LogP contribution is -2.38. The molecule has 0 amide bonds. The number of fused-ring (bicyclic) bond motifs is 17. The fourth-order valence-electron chi connectivity index (χ4n) is 16.5. The van der Waals surface area contributed by atoms with E-state index >= 15 is 0 Å². The Kier molecular flexibility index (Phi) is 9.83. The molecule has 4 aliphatic heterocycles. The topological polar surface area (TPSA) is 45.9 Å². The molecular weight excluding hydrogens is 1080 g/mol. The van der Waals surface area contributed by atoms with E-state index < -0.39 is 0 Å². The predicted molar refractivity (Wildman–Crippen MR) is 368 cm³/mol. The summed E-state index contributed by atoms with van der Waals surface area (Å²) in [4.78, 5) is 5.06. The molecule has 12 aromatic carbocycles. The van der Waals surface area contributed by atoms with Gasteiger partial charge in [0.15, 0.2) is 0 Å². The number of hydrogen-bond acceptors (Lipinski definition) is 5. The lowest BCUT2D eigenvalue weighted by molar-refractivity contribution is 0.597. The lowest BCUT2D eigenvalue weighted by Gasteiger charge is -2.49. The Balaban J connectivity index is 0.684. The minimum atomic E-state index is -0.224. The first-order valence-electron chi connectivity index (χ1n) is 31.4. The molecule has 0 unspecified atom stereocenters. The van der Waals surface area contributed by atoms with Crippen molar-refractivity contribution in [2.45, 2.75) is 77.0 Å². The standard InChI is InChI=1S/C84H62N2O3/c1-81(2)61-17-9-13-21-69(61)85-70-22-14-10-18-62(70)82(3,4)66-44-53(43-65(81)79(66)85)51-29-35-77-59(41-51)57-39-49(27-33-75(57)88-77)47-25-31-73-55(37-47)56-38-48(26-32-74(56)87-73)50-28-34-76-58(40-50)60-42-52(30-36-78(60)89-76)54-45-67-80-68(46-54)84(7,8)64-20-12-16-24-72(64)86(80)71-23-15-11-19-63(71)83(67,5)6/h9-46H,1-8H3. The molecule has 0 radical (unpaired) electrons. The SMILES string of the molecule is CC1(C)c2ccccc2N2c3ccccc3C(C)(C)c3cc(-c4ccc5oc6ccc(-c7ccc8oc9ccc(-c%10ccc%11oc%12ccc(-c%13cc%14c%15c(c%13)C(C)(C)c%13ccccc%13N%15c%13ccccc%13C%14(C)C)cc%12c%11c%10)cc9c8c7)cc6c5c4)cc1c32. The summed E-state index contributed by atoms with van der Waals surface area (Å²) in [7, 11) is 0. The molecule has 0 N–H and O–H groups in total. The Morgan fingerprint density at radius 2 is 0.416 bits per heavy atom. The summed E-state index contributed by atoms with van der Waals surface area (Å²) in [5, 5.41) is 6.55. The minimum Gasteiger partial charge on any atom is -0.456 e. The van der Waals surface area contributed by atoms with Crippen molar-refractivity contribution < 1.29 is 13.3 Å². The monoisotopic (exact) mass is 1150 g/mol. The van der Waals surface area contributed by atoms with Crippen molar-refractivity contribution in [1.82, 2.24) is 0 Å². The zero-order valence-corrected chi connectivity index (χ0v) is 51.1. The highest BCUT2D eigenvalue weighted by molar-refractivity contribution is 6.12.